The van der Waals surface area contributed by atoms with Gasteiger partial charge in [-0.1, -0.05) is 0 Å². The molecule has 0 aliphatic carbocycles. The molecule has 0 aromatic heterocycles. The van der Waals surface area contributed by atoms with E-state index in [0.29, 0.717) is 18.9 Å². The van der Waals surface area contributed by atoms with E-state index in [-0.39, 0.29) is 18.8 Å². The maximum atomic E-state index is 12.0. The Morgan fingerprint density at radius 2 is 1.91 bits per heavy atom. The molecule has 0 radical (unpaired) electrons. The lowest BCUT2D eigenvalue weighted by molar-refractivity contribution is -0.137. The number of β-amino-alcohol motifs (C(OH)–C–C–N with tert-alkyl or cyclic N) is 1. The summed E-state index contributed by atoms with van der Waals surface area (Å²) in [5, 5.41) is 11.8. The van der Waals surface area contributed by atoms with Crippen molar-refractivity contribution in [1.29, 1.82) is 0 Å². The smallest absolute Gasteiger partial charge is 0.277 e. The first kappa shape index (κ1) is 17.0. The number of imide groups is 1. The topological polar surface area (TPSA) is 88.1 Å². The number of aliphatic hydroxyl groups excluding tert-OH is 1. The SMILES string of the molecule is COCCCOc1ccc(NC2=CC(=O)N(CCO)C2=O)cc1. The summed E-state index contributed by atoms with van der Waals surface area (Å²) in [6.45, 7) is 0.949. The zero-order valence-corrected chi connectivity index (χ0v) is 12.9. The second-order valence-corrected chi connectivity index (χ2v) is 4.92. The van der Waals surface area contributed by atoms with Gasteiger partial charge >= 0.3 is 0 Å². The Morgan fingerprint density at radius 1 is 1.17 bits per heavy atom. The molecule has 2 N–H and O–H groups in total. The van der Waals surface area contributed by atoms with Crippen LogP contribution in [-0.4, -0.2) is 55.3 Å². The number of ether oxygens (including phenoxy) is 2. The summed E-state index contributed by atoms with van der Waals surface area (Å²) in [6, 6.07) is 7.09. The van der Waals surface area contributed by atoms with Crippen molar-refractivity contribution in [3.63, 3.8) is 0 Å². The number of nitrogens with one attached hydrogen (secondary N) is 1. The quantitative estimate of drug-likeness (QED) is 0.516. The lowest BCUT2D eigenvalue weighted by Gasteiger charge is -2.13. The third-order valence-corrected chi connectivity index (χ3v) is 3.23. The van der Waals surface area contributed by atoms with E-state index in [1.807, 2.05) is 0 Å². The molecule has 1 aromatic rings. The summed E-state index contributed by atoms with van der Waals surface area (Å²) in [7, 11) is 1.64. The van der Waals surface area contributed by atoms with Gasteiger partial charge in [0, 0.05) is 31.9 Å². The fraction of sp³-hybridized carbons (Fsp3) is 0.375. The van der Waals surface area contributed by atoms with E-state index in [4.69, 9.17) is 14.6 Å². The van der Waals surface area contributed by atoms with Crippen molar-refractivity contribution in [1.82, 2.24) is 4.90 Å². The molecular weight excluding hydrogens is 300 g/mol. The van der Waals surface area contributed by atoms with Gasteiger partial charge in [-0.3, -0.25) is 14.5 Å². The molecule has 0 saturated heterocycles. The molecule has 1 aliphatic rings. The van der Waals surface area contributed by atoms with Crippen molar-refractivity contribution in [2.24, 2.45) is 0 Å². The Bertz CT molecular complexity index is 583. The minimum Gasteiger partial charge on any atom is -0.494 e. The molecule has 23 heavy (non-hydrogen) atoms. The summed E-state index contributed by atoms with van der Waals surface area (Å²) < 4.78 is 10.5. The van der Waals surface area contributed by atoms with Gasteiger partial charge < -0.3 is 19.9 Å². The first-order chi connectivity index (χ1) is 11.2. The Morgan fingerprint density at radius 3 is 2.57 bits per heavy atom. The molecule has 124 valence electrons. The zero-order valence-electron chi connectivity index (χ0n) is 12.9. The van der Waals surface area contributed by atoms with Gasteiger partial charge in [0.1, 0.15) is 11.4 Å². The lowest BCUT2D eigenvalue weighted by Crippen LogP contribution is -2.34. The van der Waals surface area contributed by atoms with Gasteiger partial charge in [-0.25, -0.2) is 0 Å². The van der Waals surface area contributed by atoms with E-state index in [0.717, 1.165) is 17.1 Å². The van der Waals surface area contributed by atoms with Crippen LogP contribution < -0.4 is 10.1 Å². The maximum absolute atomic E-state index is 12.0. The van der Waals surface area contributed by atoms with E-state index >= 15 is 0 Å². The Kier molecular flexibility index (Phi) is 6.13. The van der Waals surface area contributed by atoms with Crippen molar-refractivity contribution in [3.8, 4) is 5.75 Å². The molecule has 0 bridgehead atoms. The highest BCUT2D eigenvalue weighted by atomic mass is 16.5. The third-order valence-electron chi connectivity index (χ3n) is 3.23. The minimum absolute atomic E-state index is 0.00635. The predicted molar refractivity (Wildman–Crippen MR) is 83.9 cm³/mol. The maximum Gasteiger partial charge on any atom is 0.277 e. The molecular formula is C16H20N2O5. The molecule has 0 fully saturated rings. The number of benzene rings is 1. The van der Waals surface area contributed by atoms with Crippen LogP contribution in [0.5, 0.6) is 5.75 Å². The highest BCUT2D eigenvalue weighted by molar-refractivity contribution is 6.17. The van der Waals surface area contributed by atoms with Gasteiger partial charge in [0.2, 0.25) is 0 Å². The van der Waals surface area contributed by atoms with Crippen LogP contribution in [0, 0.1) is 0 Å². The van der Waals surface area contributed by atoms with Crippen LogP contribution in [0.2, 0.25) is 0 Å². The predicted octanol–water partition coefficient (Wildman–Crippen LogP) is 0.759. The number of amides is 2. The highest BCUT2D eigenvalue weighted by Crippen LogP contribution is 2.20. The molecule has 1 aliphatic heterocycles. The number of carbonyl (C=O) groups excluding carboxylic acids is 2. The number of nitrogens with zero attached hydrogens (tertiary/aromatic N) is 1. The normalized spacial score (nSPS) is 14.2. The first-order valence-electron chi connectivity index (χ1n) is 7.33. The van der Waals surface area contributed by atoms with Crippen molar-refractivity contribution in [2.75, 3.05) is 38.8 Å². The van der Waals surface area contributed by atoms with Gasteiger partial charge in [-0.05, 0) is 24.3 Å². The van der Waals surface area contributed by atoms with Crippen molar-refractivity contribution < 1.29 is 24.2 Å². The van der Waals surface area contributed by atoms with E-state index in [1.54, 1.807) is 31.4 Å². The summed E-state index contributed by atoms with van der Waals surface area (Å²) in [6.07, 6.45) is 2.04. The summed E-state index contributed by atoms with van der Waals surface area (Å²) in [5.74, 6) is -0.148. The Hall–Kier alpha value is -2.38. The van der Waals surface area contributed by atoms with Crippen LogP contribution in [0.15, 0.2) is 36.0 Å². The molecule has 0 saturated carbocycles. The van der Waals surface area contributed by atoms with Gasteiger partial charge in [-0.15, -0.1) is 0 Å². The Balaban J connectivity index is 1.90. The fourth-order valence-electron chi connectivity index (χ4n) is 2.09. The second kappa shape index (κ2) is 8.30. The summed E-state index contributed by atoms with van der Waals surface area (Å²) >= 11 is 0. The molecule has 0 atom stereocenters. The monoisotopic (exact) mass is 320 g/mol. The van der Waals surface area contributed by atoms with Crippen LogP contribution in [-0.2, 0) is 14.3 Å². The van der Waals surface area contributed by atoms with Crippen molar-refractivity contribution in [2.45, 2.75) is 6.42 Å². The van der Waals surface area contributed by atoms with Gasteiger partial charge in [0.15, 0.2) is 0 Å². The molecule has 7 nitrogen and oxygen atoms in total. The number of hydrogen-bond acceptors (Lipinski definition) is 6. The van der Waals surface area contributed by atoms with Crippen molar-refractivity contribution >= 4 is 17.5 Å². The molecule has 0 unspecified atom stereocenters. The van der Waals surface area contributed by atoms with Gasteiger partial charge in [0.25, 0.3) is 11.8 Å². The lowest BCUT2D eigenvalue weighted by atomic mass is 10.3. The number of rotatable bonds is 9. The standard InChI is InChI=1S/C16H20N2O5/c1-22-9-2-10-23-13-5-3-12(4-6-13)17-14-11-15(20)18(7-8-19)16(14)21/h3-6,11,17,19H,2,7-10H2,1H3. The Labute approximate surface area is 134 Å². The van der Waals surface area contributed by atoms with Crippen LogP contribution in [0.1, 0.15) is 6.42 Å². The van der Waals surface area contributed by atoms with Crippen molar-refractivity contribution in [3.05, 3.63) is 36.0 Å². The molecule has 2 rings (SSSR count). The number of aliphatic hydroxyl groups is 1. The first-order valence-corrected chi connectivity index (χ1v) is 7.33. The number of carbonyl (C=O) groups is 2. The van der Waals surface area contributed by atoms with E-state index in [1.165, 1.54) is 6.08 Å². The number of anilines is 1. The molecule has 7 heteroatoms. The van der Waals surface area contributed by atoms with Gasteiger partial charge in [-0.2, -0.15) is 0 Å². The minimum atomic E-state index is -0.441. The largest absolute Gasteiger partial charge is 0.494 e. The van der Waals surface area contributed by atoms with E-state index in [9.17, 15) is 9.59 Å². The molecule has 1 heterocycles. The van der Waals surface area contributed by atoms with Crippen LogP contribution in [0.3, 0.4) is 0 Å². The molecule has 1 aromatic carbocycles. The van der Waals surface area contributed by atoms with Crippen LogP contribution in [0.4, 0.5) is 5.69 Å². The highest BCUT2D eigenvalue weighted by Gasteiger charge is 2.30. The fourth-order valence-corrected chi connectivity index (χ4v) is 2.09. The zero-order chi connectivity index (χ0) is 16.7. The summed E-state index contributed by atoms with van der Waals surface area (Å²) in [4.78, 5) is 24.7. The third kappa shape index (κ3) is 4.54. The van der Waals surface area contributed by atoms with Crippen LogP contribution >= 0.6 is 0 Å². The average Bonchev–Trinajstić information content (AvgIpc) is 2.81. The summed E-state index contributed by atoms with van der Waals surface area (Å²) in [5.41, 5.74) is 0.865. The van der Waals surface area contributed by atoms with Gasteiger partial charge in [0.05, 0.1) is 19.8 Å². The molecule has 0 spiro atoms. The van der Waals surface area contributed by atoms with E-state index in [2.05, 4.69) is 5.32 Å². The molecule has 2 amide bonds. The van der Waals surface area contributed by atoms with Crippen LogP contribution in [0.25, 0.3) is 0 Å². The average molecular weight is 320 g/mol. The second-order valence-electron chi connectivity index (χ2n) is 4.92. The number of methoxy groups -OCH3 is 1. The number of hydrogen-bond donors (Lipinski definition) is 2. The van der Waals surface area contributed by atoms with E-state index < -0.39 is 11.8 Å².